The Bertz CT molecular complexity index is 265. The highest BCUT2D eigenvalue weighted by atomic mass is 127. The number of nitrogens with two attached hydrogens (primary N) is 1. The maximum absolute atomic E-state index is 11.4. The molecule has 0 spiro atoms. The van der Waals surface area contributed by atoms with E-state index in [4.69, 9.17) is 10.2 Å². The highest BCUT2D eigenvalue weighted by Crippen LogP contribution is 2.24. The number of primary amides is 1. The first-order chi connectivity index (χ1) is 7.90. The van der Waals surface area contributed by atoms with Crippen LogP contribution >= 0.6 is 22.6 Å². The molecule has 0 aromatic rings. The maximum atomic E-state index is 11.4. The summed E-state index contributed by atoms with van der Waals surface area (Å²) in [7, 11) is -1.75. The molecule has 0 aromatic heterocycles. The van der Waals surface area contributed by atoms with E-state index in [0.717, 1.165) is 21.7 Å². The first-order valence-corrected chi connectivity index (χ1v) is 9.81. The third-order valence-electron chi connectivity index (χ3n) is 3.26. The van der Waals surface area contributed by atoms with Crippen molar-refractivity contribution in [3.05, 3.63) is 9.66 Å². The number of hydrogen-bond donors (Lipinski definition) is 1. The van der Waals surface area contributed by atoms with Crippen LogP contribution in [0.5, 0.6) is 0 Å². The maximum Gasteiger partial charge on any atom is 0.245 e. The van der Waals surface area contributed by atoms with Gasteiger partial charge in [-0.3, -0.25) is 4.79 Å². The second kappa shape index (κ2) is 8.26. The fourth-order valence-electron chi connectivity index (χ4n) is 1.79. The van der Waals surface area contributed by atoms with Gasteiger partial charge in [0.15, 0.2) is 8.32 Å². The molecule has 0 aromatic carbocycles. The van der Waals surface area contributed by atoms with Crippen molar-refractivity contribution in [3.63, 3.8) is 0 Å². The molecule has 1 amide bonds. The van der Waals surface area contributed by atoms with Gasteiger partial charge in [0, 0.05) is 6.42 Å². The smallest absolute Gasteiger partial charge is 0.245 e. The molecule has 1 atom stereocenters. The number of amides is 1. The zero-order valence-electron chi connectivity index (χ0n) is 11.3. The SMILES string of the molecule is CC[Si](CC)(CC)O[C@@H](CC=C(C)I)C(N)=O. The molecule has 0 radical (unpaired) electrons. The van der Waals surface area contributed by atoms with Crippen molar-refractivity contribution in [2.24, 2.45) is 5.73 Å². The summed E-state index contributed by atoms with van der Waals surface area (Å²) in [6.07, 6.45) is 2.15. The summed E-state index contributed by atoms with van der Waals surface area (Å²) in [5, 5.41) is 0. The monoisotopic (exact) mass is 369 g/mol. The number of rotatable bonds is 8. The van der Waals surface area contributed by atoms with Crippen LogP contribution in [0.4, 0.5) is 0 Å². The molecule has 0 rings (SSSR count). The van der Waals surface area contributed by atoms with Crippen LogP contribution in [0.15, 0.2) is 9.66 Å². The van der Waals surface area contributed by atoms with E-state index in [1.54, 1.807) is 0 Å². The zero-order chi connectivity index (χ0) is 13.5. The van der Waals surface area contributed by atoms with Crippen LogP contribution in [0.25, 0.3) is 0 Å². The molecule has 3 nitrogen and oxygen atoms in total. The Morgan fingerprint density at radius 2 is 1.82 bits per heavy atom. The Labute approximate surface area is 119 Å². The van der Waals surface area contributed by atoms with Crippen LogP contribution in [0.3, 0.4) is 0 Å². The first kappa shape index (κ1) is 17.1. The van der Waals surface area contributed by atoms with Crippen LogP contribution in [0.2, 0.25) is 18.1 Å². The topological polar surface area (TPSA) is 52.3 Å². The zero-order valence-corrected chi connectivity index (χ0v) is 14.4. The number of carbonyl (C=O) groups excluding carboxylic acids is 1. The normalized spacial score (nSPS) is 14.8. The lowest BCUT2D eigenvalue weighted by atomic mass is 10.2. The minimum absolute atomic E-state index is 0.342. The van der Waals surface area contributed by atoms with Gasteiger partial charge in [0.25, 0.3) is 0 Å². The predicted molar refractivity (Wildman–Crippen MR) is 83.7 cm³/mol. The van der Waals surface area contributed by atoms with E-state index in [0.29, 0.717) is 6.42 Å². The molecule has 0 saturated heterocycles. The predicted octanol–water partition coefficient (Wildman–Crippen LogP) is 3.59. The van der Waals surface area contributed by atoms with Crippen molar-refractivity contribution in [1.82, 2.24) is 0 Å². The number of allylic oxidation sites excluding steroid dienone is 1. The summed E-state index contributed by atoms with van der Waals surface area (Å²) in [6, 6.07) is 3.12. The summed E-state index contributed by atoms with van der Waals surface area (Å²) in [5.74, 6) is -0.342. The van der Waals surface area contributed by atoms with E-state index in [1.807, 2.05) is 13.0 Å². The molecular formula is C12H24INO2Si. The Kier molecular flexibility index (Phi) is 8.32. The third-order valence-corrected chi connectivity index (χ3v) is 8.35. The van der Waals surface area contributed by atoms with Crippen molar-refractivity contribution in [2.45, 2.75) is 58.4 Å². The van der Waals surface area contributed by atoms with E-state index in [1.165, 1.54) is 0 Å². The van der Waals surface area contributed by atoms with Gasteiger partial charge in [0.05, 0.1) is 0 Å². The first-order valence-electron chi connectivity index (χ1n) is 6.20. The van der Waals surface area contributed by atoms with E-state index in [9.17, 15) is 4.79 Å². The summed E-state index contributed by atoms with van der Waals surface area (Å²) >= 11 is 2.23. The molecule has 0 aliphatic carbocycles. The molecule has 0 unspecified atom stereocenters. The van der Waals surface area contributed by atoms with Gasteiger partial charge in [0.2, 0.25) is 5.91 Å². The minimum Gasteiger partial charge on any atom is -0.405 e. The lowest BCUT2D eigenvalue weighted by Crippen LogP contribution is -2.44. The van der Waals surface area contributed by atoms with E-state index >= 15 is 0 Å². The molecule has 0 saturated carbocycles. The molecule has 0 aliphatic rings. The van der Waals surface area contributed by atoms with Crippen LogP contribution in [0.1, 0.15) is 34.1 Å². The average molecular weight is 369 g/mol. The van der Waals surface area contributed by atoms with Gasteiger partial charge >= 0.3 is 0 Å². The molecule has 100 valence electrons. The molecule has 0 heterocycles. The van der Waals surface area contributed by atoms with Gasteiger partial charge in [-0.25, -0.2) is 0 Å². The lowest BCUT2D eigenvalue weighted by Gasteiger charge is -2.31. The molecule has 17 heavy (non-hydrogen) atoms. The van der Waals surface area contributed by atoms with Crippen LogP contribution in [-0.2, 0) is 9.22 Å². The Morgan fingerprint density at radius 1 is 1.35 bits per heavy atom. The van der Waals surface area contributed by atoms with E-state index in [2.05, 4.69) is 43.4 Å². The van der Waals surface area contributed by atoms with Gasteiger partial charge in [-0.2, -0.15) is 0 Å². The third kappa shape index (κ3) is 6.01. The van der Waals surface area contributed by atoms with Gasteiger partial charge < -0.3 is 10.2 Å². The molecule has 0 aliphatic heterocycles. The molecule has 0 bridgehead atoms. The second-order valence-electron chi connectivity index (χ2n) is 4.28. The van der Waals surface area contributed by atoms with Gasteiger partial charge in [0.1, 0.15) is 6.10 Å². The molecule has 2 N–H and O–H groups in total. The van der Waals surface area contributed by atoms with E-state index < -0.39 is 14.4 Å². The quantitative estimate of drug-likeness (QED) is 0.525. The molecular weight excluding hydrogens is 345 g/mol. The Balaban J connectivity index is 4.73. The largest absolute Gasteiger partial charge is 0.405 e. The highest BCUT2D eigenvalue weighted by Gasteiger charge is 2.33. The van der Waals surface area contributed by atoms with Crippen molar-refractivity contribution in [3.8, 4) is 0 Å². The van der Waals surface area contributed by atoms with Crippen LogP contribution in [-0.4, -0.2) is 20.3 Å². The highest BCUT2D eigenvalue weighted by molar-refractivity contribution is 14.1. The average Bonchev–Trinajstić information content (AvgIpc) is 2.30. The van der Waals surface area contributed by atoms with Crippen molar-refractivity contribution >= 4 is 36.8 Å². The molecule has 0 fully saturated rings. The van der Waals surface area contributed by atoms with Gasteiger partial charge in [-0.15, -0.1) is 0 Å². The van der Waals surface area contributed by atoms with Crippen molar-refractivity contribution < 1.29 is 9.22 Å². The lowest BCUT2D eigenvalue weighted by molar-refractivity contribution is -0.125. The second-order valence-corrected chi connectivity index (χ2v) is 10.7. The fraction of sp³-hybridized carbons (Fsp3) is 0.750. The van der Waals surface area contributed by atoms with Gasteiger partial charge in [-0.05, 0) is 51.2 Å². The van der Waals surface area contributed by atoms with Crippen molar-refractivity contribution in [1.29, 1.82) is 0 Å². The summed E-state index contributed by atoms with van der Waals surface area (Å²) < 4.78 is 7.28. The number of hydrogen-bond acceptors (Lipinski definition) is 2. The number of carbonyl (C=O) groups is 1. The standard InChI is InChI=1S/C12H24INO2Si/c1-5-17(6-2,7-3)16-11(12(14)15)9-8-10(4)13/h8,11H,5-7,9H2,1-4H3,(H2,14,15)/t11-/m0/s1. The fourth-order valence-corrected chi connectivity index (χ4v) is 4.86. The van der Waals surface area contributed by atoms with Crippen LogP contribution in [0, 0.1) is 0 Å². The summed E-state index contributed by atoms with van der Waals surface area (Å²) in [6.45, 7) is 8.45. The van der Waals surface area contributed by atoms with Crippen molar-refractivity contribution in [2.75, 3.05) is 0 Å². The van der Waals surface area contributed by atoms with E-state index in [-0.39, 0.29) is 5.91 Å². The molecule has 5 heteroatoms. The van der Waals surface area contributed by atoms with Crippen LogP contribution < -0.4 is 5.73 Å². The summed E-state index contributed by atoms with van der Waals surface area (Å²) in [4.78, 5) is 11.4. The number of halogens is 1. The Morgan fingerprint density at radius 3 is 2.12 bits per heavy atom. The Hall–Kier alpha value is 0.117. The minimum atomic E-state index is -1.75. The van der Waals surface area contributed by atoms with Gasteiger partial charge in [-0.1, -0.05) is 26.8 Å². The summed E-state index contributed by atoms with van der Waals surface area (Å²) in [5.41, 5.74) is 5.42.